The number of hydrazine groups is 1. The van der Waals surface area contributed by atoms with Gasteiger partial charge in [0, 0.05) is 11.7 Å². The average molecular weight is 315 g/mol. The van der Waals surface area contributed by atoms with E-state index in [4.69, 9.17) is 5.84 Å². The molecule has 1 aromatic carbocycles. The first kappa shape index (κ1) is 15.6. The van der Waals surface area contributed by atoms with E-state index in [2.05, 4.69) is 10.1 Å². The van der Waals surface area contributed by atoms with Crippen LogP contribution in [-0.2, 0) is 10.0 Å². The minimum absolute atomic E-state index is 0.0485. The fraction of sp³-hybridized carbons (Fsp3) is 0.538. The molecule has 0 bridgehead atoms. The van der Waals surface area contributed by atoms with Gasteiger partial charge in [0.1, 0.15) is 0 Å². The van der Waals surface area contributed by atoms with Crippen molar-refractivity contribution < 1.29 is 8.42 Å². The first-order valence-corrected chi connectivity index (χ1v) is 9.26. The lowest BCUT2D eigenvalue weighted by atomic mass is 10.1. The number of nitrogens with two attached hydrogens (primary N) is 1. The summed E-state index contributed by atoms with van der Waals surface area (Å²) in [4.78, 5) is 0.370. The summed E-state index contributed by atoms with van der Waals surface area (Å²) in [6, 6.07) is 3.55. The van der Waals surface area contributed by atoms with Crippen LogP contribution >= 0.6 is 11.8 Å². The lowest BCUT2D eigenvalue weighted by Gasteiger charge is -2.23. The Balaban J connectivity index is 2.29. The topological polar surface area (TPSA) is 84.2 Å². The predicted molar refractivity (Wildman–Crippen MR) is 84.4 cm³/mol. The van der Waals surface area contributed by atoms with Gasteiger partial charge in [-0.15, -0.1) is 0 Å². The van der Waals surface area contributed by atoms with Crippen LogP contribution in [0, 0.1) is 13.8 Å². The van der Waals surface area contributed by atoms with E-state index in [-0.39, 0.29) is 6.04 Å². The molecule has 5 nitrogen and oxygen atoms in total. The highest BCUT2D eigenvalue weighted by Gasteiger charge is 2.25. The van der Waals surface area contributed by atoms with E-state index in [0.29, 0.717) is 21.7 Å². The number of anilines is 1. The molecule has 4 N–H and O–H groups in total. The summed E-state index contributed by atoms with van der Waals surface area (Å²) in [5.41, 5.74) is 4.68. The molecule has 1 fully saturated rings. The van der Waals surface area contributed by atoms with Gasteiger partial charge in [0.05, 0.1) is 4.90 Å². The number of nitrogen functional groups attached to an aromatic ring is 1. The number of hydrogen-bond donors (Lipinski definition) is 3. The van der Waals surface area contributed by atoms with Gasteiger partial charge in [-0.2, -0.15) is 11.8 Å². The summed E-state index contributed by atoms with van der Waals surface area (Å²) in [5.74, 6) is 7.41. The van der Waals surface area contributed by atoms with Crippen molar-refractivity contribution in [1.82, 2.24) is 4.72 Å². The first-order valence-electron chi connectivity index (χ1n) is 6.62. The minimum atomic E-state index is -3.47. The molecule has 0 amide bonds. The molecule has 112 valence electrons. The van der Waals surface area contributed by atoms with Crippen molar-refractivity contribution in [3.63, 3.8) is 0 Å². The summed E-state index contributed by atoms with van der Waals surface area (Å²) in [5, 5.41) is 0. The highest BCUT2D eigenvalue weighted by atomic mass is 32.2. The molecule has 2 rings (SSSR count). The van der Waals surface area contributed by atoms with E-state index < -0.39 is 10.0 Å². The Morgan fingerprint density at radius 2 is 1.75 bits per heavy atom. The second-order valence-electron chi connectivity index (χ2n) is 5.09. The van der Waals surface area contributed by atoms with Crippen LogP contribution in [0.2, 0.25) is 0 Å². The molecule has 1 heterocycles. The molecule has 0 spiro atoms. The van der Waals surface area contributed by atoms with Gasteiger partial charge in [-0.05, 0) is 61.5 Å². The number of nitrogens with one attached hydrogen (secondary N) is 2. The number of thioether (sulfide) groups is 1. The van der Waals surface area contributed by atoms with Crippen LogP contribution < -0.4 is 16.0 Å². The van der Waals surface area contributed by atoms with Gasteiger partial charge in [0.2, 0.25) is 10.0 Å². The average Bonchev–Trinajstić information content (AvgIpc) is 2.37. The maximum absolute atomic E-state index is 12.6. The second kappa shape index (κ2) is 6.34. The van der Waals surface area contributed by atoms with Crippen molar-refractivity contribution in [2.45, 2.75) is 37.6 Å². The number of rotatable bonds is 4. The van der Waals surface area contributed by atoms with E-state index in [1.54, 1.807) is 26.0 Å². The van der Waals surface area contributed by atoms with Crippen molar-refractivity contribution in [2.75, 3.05) is 16.9 Å². The largest absolute Gasteiger partial charge is 0.324 e. The van der Waals surface area contributed by atoms with Crippen LogP contribution in [0.25, 0.3) is 0 Å². The van der Waals surface area contributed by atoms with E-state index in [0.717, 1.165) is 24.3 Å². The number of aryl methyl sites for hydroxylation is 2. The molecule has 20 heavy (non-hydrogen) atoms. The smallest absolute Gasteiger partial charge is 0.241 e. The zero-order valence-corrected chi connectivity index (χ0v) is 13.4. The zero-order valence-electron chi connectivity index (χ0n) is 11.8. The highest BCUT2D eigenvalue weighted by Crippen LogP contribution is 2.25. The third kappa shape index (κ3) is 3.46. The van der Waals surface area contributed by atoms with E-state index >= 15 is 0 Å². The van der Waals surface area contributed by atoms with Crippen LogP contribution in [0.15, 0.2) is 17.0 Å². The van der Waals surface area contributed by atoms with E-state index in [9.17, 15) is 8.42 Å². The Labute approximate surface area is 124 Å². The zero-order chi connectivity index (χ0) is 14.8. The predicted octanol–water partition coefficient (Wildman–Crippen LogP) is 1.76. The molecule has 7 heteroatoms. The van der Waals surface area contributed by atoms with Crippen LogP contribution in [0.3, 0.4) is 0 Å². The van der Waals surface area contributed by atoms with Crippen molar-refractivity contribution in [3.05, 3.63) is 23.3 Å². The molecule has 0 radical (unpaired) electrons. The fourth-order valence-corrected chi connectivity index (χ4v) is 5.42. The molecular weight excluding hydrogens is 294 g/mol. The van der Waals surface area contributed by atoms with Crippen molar-refractivity contribution in [2.24, 2.45) is 5.84 Å². The lowest BCUT2D eigenvalue weighted by molar-refractivity contribution is 0.528. The molecule has 0 unspecified atom stereocenters. The molecule has 0 saturated carbocycles. The van der Waals surface area contributed by atoms with Crippen LogP contribution in [-0.4, -0.2) is 26.0 Å². The van der Waals surface area contributed by atoms with Gasteiger partial charge in [-0.3, -0.25) is 5.84 Å². The highest BCUT2D eigenvalue weighted by molar-refractivity contribution is 7.99. The Morgan fingerprint density at radius 3 is 2.25 bits per heavy atom. The summed E-state index contributed by atoms with van der Waals surface area (Å²) >= 11 is 1.87. The van der Waals surface area contributed by atoms with Crippen molar-refractivity contribution in [3.8, 4) is 0 Å². The van der Waals surface area contributed by atoms with Crippen molar-refractivity contribution in [1.29, 1.82) is 0 Å². The Morgan fingerprint density at radius 1 is 1.20 bits per heavy atom. The quantitative estimate of drug-likeness (QED) is 0.582. The van der Waals surface area contributed by atoms with E-state index in [1.165, 1.54) is 0 Å². The van der Waals surface area contributed by atoms with Crippen LogP contribution in [0.4, 0.5) is 5.69 Å². The molecule has 1 aromatic rings. The van der Waals surface area contributed by atoms with Gasteiger partial charge < -0.3 is 5.43 Å². The third-order valence-electron chi connectivity index (χ3n) is 3.44. The molecule has 1 aliphatic heterocycles. The monoisotopic (exact) mass is 315 g/mol. The molecule has 0 atom stereocenters. The number of sulfonamides is 1. The standard InChI is InChI=1S/C13H21N3O2S2/c1-9-7-12(15-14)8-10(2)13(9)20(17,18)16-11-3-5-19-6-4-11/h7-8,11,15-16H,3-6,14H2,1-2H3. The summed E-state index contributed by atoms with van der Waals surface area (Å²) < 4.78 is 28.0. The Bertz CT molecular complexity index is 558. The van der Waals surface area contributed by atoms with Gasteiger partial charge in [0.15, 0.2) is 0 Å². The van der Waals surface area contributed by atoms with E-state index in [1.807, 2.05) is 11.8 Å². The minimum Gasteiger partial charge on any atom is -0.324 e. The SMILES string of the molecule is Cc1cc(NN)cc(C)c1S(=O)(=O)NC1CCSCC1. The fourth-order valence-electron chi connectivity index (χ4n) is 2.55. The Hall–Kier alpha value is -0.760. The maximum Gasteiger partial charge on any atom is 0.241 e. The van der Waals surface area contributed by atoms with Gasteiger partial charge in [-0.1, -0.05) is 0 Å². The molecule has 1 saturated heterocycles. The normalized spacial score (nSPS) is 17.1. The second-order valence-corrected chi connectivity index (χ2v) is 7.97. The molecular formula is C13H21N3O2S2. The summed E-state index contributed by atoms with van der Waals surface area (Å²) in [6.07, 6.45) is 1.79. The van der Waals surface area contributed by atoms with Gasteiger partial charge in [-0.25, -0.2) is 13.1 Å². The number of hydrogen-bond acceptors (Lipinski definition) is 5. The third-order valence-corrected chi connectivity index (χ3v) is 6.31. The summed E-state index contributed by atoms with van der Waals surface area (Å²) in [6.45, 7) is 3.58. The van der Waals surface area contributed by atoms with Gasteiger partial charge >= 0.3 is 0 Å². The van der Waals surface area contributed by atoms with Gasteiger partial charge in [0.25, 0.3) is 0 Å². The number of benzene rings is 1. The molecule has 0 aromatic heterocycles. The maximum atomic E-state index is 12.6. The van der Waals surface area contributed by atoms with Crippen LogP contribution in [0.1, 0.15) is 24.0 Å². The molecule has 1 aliphatic rings. The van der Waals surface area contributed by atoms with Crippen molar-refractivity contribution >= 4 is 27.5 Å². The lowest BCUT2D eigenvalue weighted by Crippen LogP contribution is -2.37. The first-order chi connectivity index (χ1) is 9.44. The summed E-state index contributed by atoms with van der Waals surface area (Å²) in [7, 11) is -3.47. The van der Waals surface area contributed by atoms with Crippen LogP contribution in [0.5, 0.6) is 0 Å². The molecule has 0 aliphatic carbocycles. The Kier molecular flexibility index (Phi) is 4.95.